The molecule has 0 aliphatic carbocycles. The number of hydrogen-bond donors (Lipinski definition) is 1. The summed E-state index contributed by atoms with van der Waals surface area (Å²) in [7, 11) is 3.30. The molecule has 0 spiro atoms. The quantitative estimate of drug-likeness (QED) is 0.309. The van der Waals surface area contributed by atoms with E-state index in [-0.39, 0.29) is 11.2 Å². The van der Waals surface area contributed by atoms with Crippen molar-refractivity contribution in [2.24, 2.45) is 0 Å². The Morgan fingerprint density at radius 1 is 1.00 bits per heavy atom. The van der Waals surface area contributed by atoms with Gasteiger partial charge in [-0.1, -0.05) is 47.7 Å². The van der Waals surface area contributed by atoms with Crippen molar-refractivity contribution in [3.63, 3.8) is 0 Å². The monoisotopic (exact) mass is 514 g/mol. The maximum absolute atomic E-state index is 13.4. The van der Waals surface area contributed by atoms with Crippen molar-refractivity contribution in [2.75, 3.05) is 31.0 Å². The van der Waals surface area contributed by atoms with Crippen LogP contribution in [-0.2, 0) is 11.3 Å². The van der Waals surface area contributed by atoms with Crippen LogP contribution >= 0.6 is 11.8 Å². The van der Waals surface area contributed by atoms with E-state index in [0.29, 0.717) is 13.1 Å². The number of para-hydroxylation sites is 2. The number of benzene rings is 3. The number of ether oxygens (including phenoxy) is 2. The SMILES string of the molecule is COc1cccc(N2CCC(Sc3ncc(CNc4ccccc4OC)n3-c3ccc(C)cc3)C2=O)c1. The molecule has 0 saturated carbocycles. The minimum atomic E-state index is -0.215. The lowest BCUT2D eigenvalue weighted by Gasteiger charge is -2.18. The molecular formula is C29H30N4O3S. The van der Waals surface area contributed by atoms with Gasteiger partial charge in [-0.15, -0.1) is 0 Å². The summed E-state index contributed by atoms with van der Waals surface area (Å²) in [5.41, 5.74) is 4.96. The third kappa shape index (κ3) is 5.29. The van der Waals surface area contributed by atoms with Crippen LogP contribution in [0.4, 0.5) is 11.4 Å². The highest BCUT2D eigenvalue weighted by molar-refractivity contribution is 8.00. The van der Waals surface area contributed by atoms with Crippen LogP contribution in [0.25, 0.3) is 5.69 Å². The Bertz CT molecular complexity index is 1390. The summed E-state index contributed by atoms with van der Waals surface area (Å²) < 4.78 is 13.0. The lowest BCUT2D eigenvalue weighted by Crippen LogP contribution is -2.28. The van der Waals surface area contributed by atoms with Crippen LogP contribution in [-0.4, -0.2) is 41.5 Å². The number of anilines is 2. The highest BCUT2D eigenvalue weighted by Crippen LogP contribution is 2.35. The van der Waals surface area contributed by atoms with E-state index in [1.807, 2.05) is 59.6 Å². The van der Waals surface area contributed by atoms with Crippen molar-refractivity contribution in [1.82, 2.24) is 9.55 Å². The molecule has 0 bridgehead atoms. The fourth-order valence-electron chi connectivity index (χ4n) is 4.45. The summed E-state index contributed by atoms with van der Waals surface area (Å²) in [6.45, 7) is 3.29. The van der Waals surface area contributed by atoms with Gasteiger partial charge in [0.2, 0.25) is 5.91 Å². The minimum absolute atomic E-state index is 0.0883. The number of rotatable bonds is 9. The largest absolute Gasteiger partial charge is 0.497 e. The standard InChI is InChI=1S/C29H30N4O3S/c1-20-11-13-21(14-12-20)33-23(18-30-25-9-4-5-10-26(25)36-3)19-31-29(33)37-27-15-16-32(28(27)34)22-7-6-8-24(17-22)35-2/h4-14,17,19,27,30H,15-16,18H2,1-3H3. The molecule has 3 aromatic carbocycles. The molecule has 1 aromatic heterocycles. The number of nitrogens with zero attached hydrogens (tertiary/aromatic N) is 3. The molecule has 7 nitrogen and oxygen atoms in total. The lowest BCUT2D eigenvalue weighted by atomic mass is 10.2. The first-order valence-electron chi connectivity index (χ1n) is 12.2. The molecule has 37 heavy (non-hydrogen) atoms. The number of amides is 1. The molecule has 1 aliphatic rings. The topological polar surface area (TPSA) is 68.6 Å². The highest BCUT2D eigenvalue weighted by atomic mass is 32.2. The Kier molecular flexibility index (Phi) is 7.37. The Morgan fingerprint density at radius 3 is 2.59 bits per heavy atom. The van der Waals surface area contributed by atoms with Crippen molar-refractivity contribution in [3.8, 4) is 17.2 Å². The molecule has 1 N–H and O–H groups in total. The van der Waals surface area contributed by atoms with Crippen LogP contribution in [0.5, 0.6) is 11.5 Å². The second-order valence-electron chi connectivity index (χ2n) is 8.84. The molecule has 8 heteroatoms. The van der Waals surface area contributed by atoms with E-state index in [0.717, 1.165) is 45.8 Å². The van der Waals surface area contributed by atoms with Crippen LogP contribution in [0.2, 0.25) is 0 Å². The normalized spacial score (nSPS) is 15.2. The van der Waals surface area contributed by atoms with Gasteiger partial charge >= 0.3 is 0 Å². The molecule has 5 rings (SSSR count). The molecule has 190 valence electrons. The van der Waals surface area contributed by atoms with Gasteiger partial charge in [0.15, 0.2) is 5.16 Å². The summed E-state index contributed by atoms with van der Waals surface area (Å²) >= 11 is 1.52. The van der Waals surface area contributed by atoms with E-state index in [2.05, 4.69) is 41.1 Å². The number of aromatic nitrogens is 2. The van der Waals surface area contributed by atoms with E-state index in [9.17, 15) is 4.79 Å². The fourth-order valence-corrected chi connectivity index (χ4v) is 5.60. The third-order valence-electron chi connectivity index (χ3n) is 6.43. The molecule has 4 aromatic rings. The number of thioether (sulfide) groups is 1. The molecule has 1 atom stereocenters. The molecule has 1 saturated heterocycles. The van der Waals surface area contributed by atoms with Crippen molar-refractivity contribution in [3.05, 3.63) is 90.3 Å². The van der Waals surface area contributed by atoms with Crippen molar-refractivity contribution in [2.45, 2.75) is 30.3 Å². The molecule has 2 heterocycles. The first-order chi connectivity index (χ1) is 18.1. The zero-order chi connectivity index (χ0) is 25.8. The number of carbonyl (C=O) groups excluding carboxylic acids is 1. The maximum atomic E-state index is 13.4. The van der Waals surface area contributed by atoms with Crippen LogP contribution in [0.1, 0.15) is 17.7 Å². The average molecular weight is 515 g/mol. The van der Waals surface area contributed by atoms with Crippen LogP contribution in [0, 0.1) is 6.92 Å². The van der Waals surface area contributed by atoms with Gasteiger partial charge in [-0.3, -0.25) is 9.36 Å². The van der Waals surface area contributed by atoms with Crippen molar-refractivity contribution >= 4 is 29.0 Å². The second kappa shape index (κ2) is 11.0. The summed E-state index contributed by atoms with van der Waals surface area (Å²) in [5, 5.41) is 4.06. The van der Waals surface area contributed by atoms with Gasteiger partial charge in [-0.05, 0) is 49.7 Å². The average Bonchev–Trinajstić information content (AvgIpc) is 3.51. The zero-order valence-electron chi connectivity index (χ0n) is 21.2. The highest BCUT2D eigenvalue weighted by Gasteiger charge is 2.35. The number of carbonyl (C=O) groups is 1. The van der Waals surface area contributed by atoms with Gasteiger partial charge in [-0.2, -0.15) is 0 Å². The van der Waals surface area contributed by atoms with Gasteiger partial charge in [0, 0.05) is 24.0 Å². The first-order valence-corrected chi connectivity index (χ1v) is 13.1. The number of methoxy groups -OCH3 is 2. The van der Waals surface area contributed by atoms with Crippen LogP contribution in [0.15, 0.2) is 84.1 Å². The second-order valence-corrected chi connectivity index (χ2v) is 10.0. The lowest BCUT2D eigenvalue weighted by molar-refractivity contribution is -0.116. The molecule has 1 unspecified atom stereocenters. The minimum Gasteiger partial charge on any atom is -0.497 e. The predicted octanol–water partition coefficient (Wildman–Crippen LogP) is 5.71. The molecule has 1 amide bonds. The maximum Gasteiger partial charge on any atom is 0.240 e. The smallest absolute Gasteiger partial charge is 0.240 e. The zero-order valence-corrected chi connectivity index (χ0v) is 22.0. The van der Waals surface area contributed by atoms with Crippen LogP contribution in [0.3, 0.4) is 0 Å². The summed E-state index contributed by atoms with van der Waals surface area (Å²) in [6.07, 6.45) is 2.63. The molecular weight excluding hydrogens is 484 g/mol. The molecule has 1 fully saturated rings. The van der Waals surface area contributed by atoms with E-state index in [4.69, 9.17) is 14.5 Å². The first kappa shape index (κ1) is 24.8. The van der Waals surface area contributed by atoms with Crippen LogP contribution < -0.4 is 19.7 Å². The fraction of sp³-hybridized carbons (Fsp3) is 0.241. The number of hydrogen-bond acceptors (Lipinski definition) is 6. The predicted molar refractivity (Wildman–Crippen MR) is 148 cm³/mol. The summed E-state index contributed by atoms with van der Waals surface area (Å²) in [5.74, 6) is 1.61. The van der Waals surface area contributed by atoms with Gasteiger partial charge < -0.3 is 19.7 Å². The number of nitrogens with one attached hydrogen (secondary N) is 1. The number of aryl methyl sites for hydroxylation is 1. The Hall–Kier alpha value is -3.91. The van der Waals surface area contributed by atoms with E-state index < -0.39 is 0 Å². The number of imidazole rings is 1. The summed E-state index contributed by atoms with van der Waals surface area (Å²) in [4.78, 5) is 20.0. The Balaban J connectivity index is 1.40. The van der Waals surface area contributed by atoms with Crippen molar-refractivity contribution in [1.29, 1.82) is 0 Å². The molecule has 1 aliphatic heterocycles. The van der Waals surface area contributed by atoms with E-state index in [1.54, 1.807) is 14.2 Å². The third-order valence-corrected chi connectivity index (χ3v) is 7.65. The van der Waals surface area contributed by atoms with Gasteiger partial charge in [0.1, 0.15) is 11.5 Å². The molecule has 0 radical (unpaired) electrons. The van der Waals surface area contributed by atoms with Gasteiger partial charge in [0.25, 0.3) is 0 Å². The summed E-state index contributed by atoms with van der Waals surface area (Å²) in [6, 6.07) is 23.8. The van der Waals surface area contributed by atoms with Crippen molar-refractivity contribution < 1.29 is 14.3 Å². The van der Waals surface area contributed by atoms with Gasteiger partial charge in [-0.25, -0.2) is 4.98 Å². The van der Waals surface area contributed by atoms with E-state index >= 15 is 0 Å². The van der Waals surface area contributed by atoms with E-state index in [1.165, 1.54) is 17.3 Å². The Morgan fingerprint density at radius 2 is 1.81 bits per heavy atom. The Labute approximate surface area is 221 Å². The van der Waals surface area contributed by atoms with Gasteiger partial charge in [0.05, 0.1) is 43.6 Å².